The third-order valence-electron chi connectivity index (χ3n) is 10.7. The molecule has 2 spiro atoms. The molecule has 4 aliphatic rings. The zero-order valence-corrected chi connectivity index (χ0v) is 22.5. The Bertz CT molecular complexity index is 1090. The quantitative estimate of drug-likeness (QED) is 0.690. The average molecular weight is 488 g/mol. The Morgan fingerprint density at radius 1 is 0.861 bits per heavy atom. The molecular formula is C31H45N5. The fourth-order valence-corrected chi connectivity index (χ4v) is 8.31. The number of hydrogen-bond acceptors (Lipinski definition) is 5. The summed E-state index contributed by atoms with van der Waals surface area (Å²) < 4.78 is 0. The van der Waals surface area contributed by atoms with Gasteiger partial charge in [0.25, 0.3) is 0 Å². The predicted molar refractivity (Wildman–Crippen MR) is 147 cm³/mol. The van der Waals surface area contributed by atoms with Gasteiger partial charge < -0.3 is 21.3 Å². The van der Waals surface area contributed by atoms with E-state index in [1.54, 1.807) is 11.1 Å². The fourth-order valence-electron chi connectivity index (χ4n) is 8.31. The Hall–Kier alpha value is -1.79. The van der Waals surface area contributed by atoms with E-state index < -0.39 is 0 Å². The van der Waals surface area contributed by atoms with E-state index in [1.165, 1.54) is 42.8 Å². The molecule has 5 heteroatoms. The molecule has 2 aliphatic carbocycles. The Balaban J connectivity index is 1.16. The van der Waals surface area contributed by atoms with Crippen molar-refractivity contribution in [2.75, 3.05) is 26.2 Å². The second-order valence-electron chi connectivity index (χ2n) is 12.6. The maximum atomic E-state index is 6.93. The van der Waals surface area contributed by atoms with E-state index in [2.05, 4.69) is 60.9 Å². The summed E-state index contributed by atoms with van der Waals surface area (Å²) in [5, 5.41) is 0. The van der Waals surface area contributed by atoms with Gasteiger partial charge in [-0.05, 0) is 120 Å². The average Bonchev–Trinajstić information content (AvgIpc) is 3.31. The predicted octanol–water partition coefficient (Wildman–Crippen LogP) is 3.56. The smallest absolute Gasteiger partial charge is 0.0514 e. The van der Waals surface area contributed by atoms with Crippen LogP contribution in [0, 0.1) is 0 Å². The summed E-state index contributed by atoms with van der Waals surface area (Å²) >= 11 is 0. The van der Waals surface area contributed by atoms with Crippen LogP contribution in [0.3, 0.4) is 0 Å². The molecule has 0 unspecified atom stereocenters. The molecule has 36 heavy (non-hydrogen) atoms. The summed E-state index contributed by atoms with van der Waals surface area (Å²) in [7, 11) is 0. The molecule has 2 aromatic rings. The third-order valence-corrected chi connectivity index (χ3v) is 10.7. The molecule has 0 amide bonds. The first-order valence-corrected chi connectivity index (χ1v) is 14.4. The summed E-state index contributed by atoms with van der Waals surface area (Å²) in [5.41, 5.74) is 21.2. The summed E-state index contributed by atoms with van der Waals surface area (Å²) in [4.78, 5) is 10.1. The van der Waals surface area contributed by atoms with Crippen LogP contribution in [0.25, 0.3) is 0 Å². The Morgan fingerprint density at radius 3 is 2.25 bits per heavy atom. The standard InChI is InChI=1S/C31H45N5/c1-21(2)35-14-9-30(10-15-35)26-8-4-6-23(25(26)20-28(30)33)18-22(3)36-16-11-31(12-17-36)27(32)19-24-7-5-13-34-29(24)31/h4-8,13,21-22,27-28H,9-12,14-20,32-33H2,1-3H3/t22-,27+,28+/m0/s1. The summed E-state index contributed by atoms with van der Waals surface area (Å²) in [6.45, 7) is 11.6. The molecule has 194 valence electrons. The molecule has 0 radical (unpaired) electrons. The number of nitrogens with two attached hydrogens (primary N) is 2. The molecule has 1 aromatic heterocycles. The van der Waals surface area contributed by atoms with Gasteiger partial charge in [0, 0.05) is 41.2 Å². The second kappa shape index (κ2) is 9.20. The molecular weight excluding hydrogens is 442 g/mol. The van der Waals surface area contributed by atoms with Crippen LogP contribution >= 0.6 is 0 Å². The minimum Gasteiger partial charge on any atom is -0.327 e. The second-order valence-corrected chi connectivity index (χ2v) is 12.6. The van der Waals surface area contributed by atoms with E-state index in [0.29, 0.717) is 12.1 Å². The normalized spacial score (nSPS) is 28.1. The van der Waals surface area contributed by atoms with Crippen LogP contribution in [0.4, 0.5) is 0 Å². The lowest BCUT2D eigenvalue weighted by Gasteiger charge is -2.44. The number of likely N-dealkylation sites (tertiary alicyclic amines) is 2. The van der Waals surface area contributed by atoms with Crippen LogP contribution in [0.15, 0.2) is 36.5 Å². The van der Waals surface area contributed by atoms with Crippen LogP contribution < -0.4 is 11.5 Å². The first-order valence-electron chi connectivity index (χ1n) is 14.4. The number of benzene rings is 1. The number of fused-ring (bicyclic) bond motifs is 4. The molecule has 3 atom stereocenters. The topological polar surface area (TPSA) is 71.4 Å². The molecule has 2 aliphatic heterocycles. The van der Waals surface area contributed by atoms with Crippen molar-refractivity contribution < 1.29 is 0 Å². The number of nitrogens with zero attached hydrogens (tertiary/aromatic N) is 3. The Morgan fingerprint density at radius 2 is 1.53 bits per heavy atom. The van der Waals surface area contributed by atoms with Gasteiger partial charge in [0.1, 0.15) is 0 Å². The highest BCUT2D eigenvalue weighted by Gasteiger charge is 2.49. The first kappa shape index (κ1) is 24.5. The van der Waals surface area contributed by atoms with Crippen molar-refractivity contribution in [1.29, 1.82) is 0 Å². The highest BCUT2D eigenvalue weighted by molar-refractivity contribution is 5.48. The molecule has 0 bridgehead atoms. The van der Waals surface area contributed by atoms with Gasteiger partial charge in [-0.25, -0.2) is 0 Å². The van der Waals surface area contributed by atoms with Gasteiger partial charge in [0.15, 0.2) is 0 Å². The number of hydrogen-bond donors (Lipinski definition) is 2. The van der Waals surface area contributed by atoms with E-state index in [1.807, 2.05) is 6.20 Å². The maximum Gasteiger partial charge on any atom is 0.0514 e. The van der Waals surface area contributed by atoms with Gasteiger partial charge in [-0.3, -0.25) is 4.98 Å². The van der Waals surface area contributed by atoms with Gasteiger partial charge in [-0.1, -0.05) is 24.3 Å². The van der Waals surface area contributed by atoms with Crippen molar-refractivity contribution in [2.45, 2.75) is 101 Å². The minimum absolute atomic E-state index is 0.0742. The molecule has 0 saturated carbocycles. The van der Waals surface area contributed by atoms with Crippen molar-refractivity contribution in [3.8, 4) is 0 Å². The van der Waals surface area contributed by atoms with Gasteiger partial charge in [-0.15, -0.1) is 0 Å². The molecule has 3 heterocycles. The van der Waals surface area contributed by atoms with E-state index in [-0.39, 0.29) is 22.9 Å². The van der Waals surface area contributed by atoms with E-state index in [9.17, 15) is 0 Å². The molecule has 2 fully saturated rings. The first-order chi connectivity index (χ1) is 17.3. The summed E-state index contributed by atoms with van der Waals surface area (Å²) in [5.74, 6) is 0. The molecule has 2 saturated heterocycles. The number of rotatable bonds is 4. The van der Waals surface area contributed by atoms with Gasteiger partial charge >= 0.3 is 0 Å². The number of piperidine rings is 2. The number of aromatic nitrogens is 1. The summed E-state index contributed by atoms with van der Waals surface area (Å²) in [6, 6.07) is 13.0. The SMILES string of the molecule is CC(C)N1CCC2(CC1)c1cccc(C[C@H](C)N3CCC4(CC3)c3ncccc3C[C@H]4N)c1C[C@H]2N. The van der Waals surface area contributed by atoms with Gasteiger partial charge in [0.2, 0.25) is 0 Å². The zero-order valence-electron chi connectivity index (χ0n) is 22.5. The zero-order chi connectivity index (χ0) is 25.1. The van der Waals surface area contributed by atoms with Crippen LogP contribution in [-0.2, 0) is 30.1 Å². The number of pyridine rings is 1. The van der Waals surface area contributed by atoms with Crippen LogP contribution in [0.1, 0.15) is 74.4 Å². The van der Waals surface area contributed by atoms with Gasteiger partial charge in [-0.2, -0.15) is 0 Å². The van der Waals surface area contributed by atoms with Gasteiger partial charge in [0.05, 0.1) is 5.69 Å². The third kappa shape index (κ3) is 3.77. The van der Waals surface area contributed by atoms with E-state index >= 15 is 0 Å². The highest BCUT2D eigenvalue weighted by atomic mass is 15.2. The largest absolute Gasteiger partial charge is 0.327 e. The lowest BCUT2D eigenvalue weighted by molar-refractivity contribution is 0.111. The van der Waals surface area contributed by atoms with Crippen molar-refractivity contribution in [3.05, 3.63) is 64.5 Å². The molecule has 6 rings (SSSR count). The minimum atomic E-state index is 0.0742. The molecule has 1 aromatic carbocycles. The highest BCUT2D eigenvalue weighted by Crippen LogP contribution is 2.48. The lowest BCUT2D eigenvalue weighted by atomic mass is 9.71. The monoisotopic (exact) mass is 487 g/mol. The Kier molecular flexibility index (Phi) is 6.27. The van der Waals surface area contributed by atoms with Crippen LogP contribution in [0.5, 0.6) is 0 Å². The fraction of sp³-hybridized carbons (Fsp3) is 0.645. The Labute approximate surface area is 217 Å². The van der Waals surface area contributed by atoms with Crippen molar-refractivity contribution >= 4 is 0 Å². The van der Waals surface area contributed by atoms with Crippen LogP contribution in [0.2, 0.25) is 0 Å². The van der Waals surface area contributed by atoms with E-state index in [0.717, 1.165) is 45.2 Å². The van der Waals surface area contributed by atoms with Crippen molar-refractivity contribution in [2.24, 2.45) is 11.5 Å². The molecule has 5 nitrogen and oxygen atoms in total. The van der Waals surface area contributed by atoms with Crippen molar-refractivity contribution in [1.82, 2.24) is 14.8 Å². The maximum absolute atomic E-state index is 6.93. The molecule has 4 N–H and O–H groups in total. The van der Waals surface area contributed by atoms with Crippen molar-refractivity contribution in [3.63, 3.8) is 0 Å². The van der Waals surface area contributed by atoms with Crippen LogP contribution in [-0.4, -0.2) is 65.1 Å². The summed E-state index contributed by atoms with van der Waals surface area (Å²) in [6.07, 6.45) is 9.72. The van der Waals surface area contributed by atoms with E-state index in [4.69, 9.17) is 16.5 Å². The lowest BCUT2D eigenvalue weighted by Crippen LogP contribution is -2.52.